The van der Waals surface area contributed by atoms with Gasteiger partial charge in [-0.1, -0.05) is 6.07 Å². The van der Waals surface area contributed by atoms with Crippen LogP contribution in [0.1, 0.15) is 6.42 Å². The Labute approximate surface area is 120 Å². The third-order valence-corrected chi connectivity index (χ3v) is 5.20. The Morgan fingerprint density at radius 1 is 1.25 bits per heavy atom. The zero-order chi connectivity index (χ0) is 14.4. The van der Waals surface area contributed by atoms with E-state index in [0.29, 0.717) is 19.6 Å². The van der Waals surface area contributed by atoms with Crippen molar-refractivity contribution in [3.05, 3.63) is 24.4 Å². The van der Waals surface area contributed by atoms with Gasteiger partial charge in [0.15, 0.2) is 0 Å². The SMILES string of the molecule is COCCS(=O)(=O)N1CCCN(c2ccccn2)CC1. The summed E-state index contributed by atoms with van der Waals surface area (Å²) in [6.07, 6.45) is 2.57. The molecule has 0 aromatic carbocycles. The normalized spacial score (nSPS) is 17.9. The highest BCUT2D eigenvalue weighted by Gasteiger charge is 2.25. The summed E-state index contributed by atoms with van der Waals surface area (Å²) in [6, 6.07) is 5.78. The standard InChI is InChI=1S/C13H21N3O3S/c1-19-11-12-20(17,18)16-8-4-7-15(9-10-16)13-5-2-3-6-14-13/h2-3,5-6H,4,7-12H2,1H3. The molecule has 112 valence electrons. The van der Waals surface area contributed by atoms with E-state index in [4.69, 9.17) is 4.74 Å². The lowest BCUT2D eigenvalue weighted by Crippen LogP contribution is -2.37. The van der Waals surface area contributed by atoms with Crippen molar-refractivity contribution in [2.75, 3.05) is 50.5 Å². The molecule has 0 bridgehead atoms. The minimum absolute atomic E-state index is 0.0487. The predicted molar refractivity (Wildman–Crippen MR) is 78.3 cm³/mol. The summed E-state index contributed by atoms with van der Waals surface area (Å²) in [5.74, 6) is 0.955. The lowest BCUT2D eigenvalue weighted by atomic mass is 10.3. The van der Waals surface area contributed by atoms with Gasteiger partial charge in [-0.05, 0) is 18.6 Å². The fourth-order valence-corrected chi connectivity index (χ4v) is 3.66. The second-order valence-electron chi connectivity index (χ2n) is 4.74. The smallest absolute Gasteiger partial charge is 0.216 e. The van der Waals surface area contributed by atoms with Crippen molar-refractivity contribution < 1.29 is 13.2 Å². The van der Waals surface area contributed by atoms with Gasteiger partial charge in [0.05, 0.1) is 12.4 Å². The van der Waals surface area contributed by atoms with E-state index >= 15 is 0 Å². The average Bonchev–Trinajstić information content (AvgIpc) is 2.72. The van der Waals surface area contributed by atoms with Gasteiger partial charge in [-0.2, -0.15) is 0 Å². The summed E-state index contributed by atoms with van der Waals surface area (Å²) >= 11 is 0. The van der Waals surface area contributed by atoms with Crippen LogP contribution >= 0.6 is 0 Å². The highest BCUT2D eigenvalue weighted by atomic mass is 32.2. The summed E-state index contributed by atoms with van der Waals surface area (Å²) in [7, 11) is -1.70. The van der Waals surface area contributed by atoms with Gasteiger partial charge in [0, 0.05) is 39.5 Å². The fourth-order valence-electron chi connectivity index (χ4n) is 2.26. The molecule has 1 aromatic rings. The van der Waals surface area contributed by atoms with Gasteiger partial charge in [0.25, 0.3) is 0 Å². The first-order valence-electron chi connectivity index (χ1n) is 6.76. The van der Waals surface area contributed by atoms with Gasteiger partial charge in [-0.25, -0.2) is 17.7 Å². The number of nitrogens with zero attached hydrogens (tertiary/aromatic N) is 3. The van der Waals surface area contributed by atoms with Crippen molar-refractivity contribution in [3.8, 4) is 0 Å². The zero-order valence-electron chi connectivity index (χ0n) is 11.7. The van der Waals surface area contributed by atoms with Crippen molar-refractivity contribution >= 4 is 15.8 Å². The molecule has 7 heteroatoms. The number of rotatable bonds is 5. The van der Waals surface area contributed by atoms with Crippen LogP contribution in [0.2, 0.25) is 0 Å². The van der Waals surface area contributed by atoms with E-state index in [1.165, 1.54) is 7.11 Å². The Morgan fingerprint density at radius 2 is 2.10 bits per heavy atom. The highest BCUT2D eigenvalue weighted by molar-refractivity contribution is 7.89. The third kappa shape index (κ3) is 3.91. The summed E-state index contributed by atoms with van der Waals surface area (Å²) in [5, 5.41) is 0. The molecule has 1 fully saturated rings. The van der Waals surface area contributed by atoms with Crippen LogP contribution in [0.4, 0.5) is 5.82 Å². The molecule has 0 aliphatic carbocycles. The van der Waals surface area contributed by atoms with Crippen LogP contribution in [0, 0.1) is 0 Å². The topological polar surface area (TPSA) is 62.7 Å². The number of ether oxygens (including phenoxy) is 1. The second-order valence-corrected chi connectivity index (χ2v) is 6.82. The molecule has 0 saturated carbocycles. The van der Waals surface area contributed by atoms with Crippen molar-refractivity contribution in [2.24, 2.45) is 0 Å². The van der Waals surface area contributed by atoms with Crippen LogP contribution in [-0.4, -0.2) is 63.4 Å². The van der Waals surface area contributed by atoms with Crippen LogP contribution in [0.25, 0.3) is 0 Å². The molecule has 1 aromatic heterocycles. The number of sulfonamides is 1. The Kier molecular flexibility index (Phi) is 5.33. The molecule has 0 radical (unpaired) electrons. The first-order valence-corrected chi connectivity index (χ1v) is 8.37. The molecule has 0 atom stereocenters. The molecule has 0 unspecified atom stereocenters. The fraction of sp³-hybridized carbons (Fsp3) is 0.615. The molecule has 0 amide bonds. The van der Waals surface area contributed by atoms with Gasteiger partial charge in [-0.15, -0.1) is 0 Å². The molecule has 1 aliphatic heterocycles. The summed E-state index contributed by atoms with van der Waals surface area (Å²) in [6.45, 7) is 2.80. The summed E-state index contributed by atoms with van der Waals surface area (Å²) in [4.78, 5) is 6.45. The maximum absolute atomic E-state index is 12.2. The first kappa shape index (κ1) is 15.2. The molecule has 2 heterocycles. The number of pyridine rings is 1. The lowest BCUT2D eigenvalue weighted by molar-refractivity contribution is 0.215. The van der Waals surface area contributed by atoms with E-state index in [2.05, 4.69) is 9.88 Å². The Bertz CT molecular complexity index is 507. The number of aromatic nitrogens is 1. The lowest BCUT2D eigenvalue weighted by Gasteiger charge is -2.22. The van der Waals surface area contributed by atoms with Gasteiger partial charge in [0.1, 0.15) is 5.82 Å². The number of hydrogen-bond donors (Lipinski definition) is 0. The quantitative estimate of drug-likeness (QED) is 0.795. The molecular weight excluding hydrogens is 278 g/mol. The van der Waals surface area contributed by atoms with E-state index in [1.807, 2.05) is 18.2 Å². The second kappa shape index (κ2) is 7.01. The van der Waals surface area contributed by atoms with Crippen LogP contribution in [0.5, 0.6) is 0 Å². The minimum Gasteiger partial charge on any atom is -0.384 e. The Hall–Kier alpha value is -1.18. The van der Waals surface area contributed by atoms with E-state index in [1.54, 1.807) is 10.5 Å². The average molecular weight is 299 g/mol. The minimum atomic E-state index is -3.21. The third-order valence-electron chi connectivity index (χ3n) is 3.37. The van der Waals surface area contributed by atoms with Gasteiger partial charge in [0.2, 0.25) is 10.0 Å². The van der Waals surface area contributed by atoms with Gasteiger partial charge >= 0.3 is 0 Å². The van der Waals surface area contributed by atoms with E-state index in [9.17, 15) is 8.42 Å². The van der Waals surface area contributed by atoms with Crippen molar-refractivity contribution in [1.29, 1.82) is 0 Å². The van der Waals surface area contributed by atoms with Gasteiger partial charge in [-0.3, -0.25) is 0 Å². The predicted octanol–water partition coefficient (Wildman–Crippen LogP) is 0.570. The van der Waals surface area contributed by atoms with Crippen LogP contribution < -0.4 is 4.90 Å². The highest BCUT2D eigenvalue weighted by Crippen LogP contribution is 2.14. The van der Waals surface area contributed by atoms with Gasteiger partial charge < -0.3 is 9.64 Å². The number of methoxy groups -OCH3 is 1. The van der Waals surface area contributed by atoms with Crippen molar-refractivity contribution in [3.63, 3.8) is 0 Å². The Morgan fingerprint density at radius 3 is 2.80 bits per heavy atom. The molecule has 0 spiro atoms. The van der Waals surface area contributed by atoms with Crippen LogP contribution in [0.15, 0.2) is 24.4 Å². The summed E-state index contributed by atoms with van der Waals surface area (Å²) in [5.41, 5.74) is 0. The molecule has 2 rings (SSSR count). The monoisotopic (exact) mass is 299 g/mol. The molecule has 0 N–H and O–H groups in total. The molecular formula is C13H21N3O3S. The van der Waals surface area contributed by atoms with E-state index in [0.717, 1.165) is 18.8 Å². The molecule has 1 saturated heterocycles. The number of hydrogen-bond acceptors (Lipinski definition) is 5. The number of anilines is 1. The maximum Gasteiger partial charge on any atom is 0.216 e. The Balaban J connectivity index is 1.99. The van der Waals surface area contributed by atoms with Crippen molar-refractivity contribution in [1.82, 2.24) is 9.29 Å². The molecule has 20 heavy (non-hydrogen) atoms. The van der Waals surface area contributed by atoms with Crippen LogP contribution in [0.3, 0.4) is 0 Å². The maximum atomic E-state index is 12.2. The molecule has 1 aliphatic rings. The van der Waals surface area contributed by atoms with E-state index in [-0.39, 0.29) is 12.4 Å². The first-order chi connectivity index (χ1) is 9.63. The summed E-state index contributed by atoms with van der Waals surface area (Å²) < 4.78 is 30.7. The van der Waals surface area contributed by atoms with E-state index < -0.39 is 10.0 Å². The zero-order valence-corrected chi connectivity index (χ0v) is 12.6. The molecule has 6 nitrogen and oxygen atoms in total. The van der Waals surface area contributed by atoms with Crippen molar-refractivity contribution in [2.45, 2.75) is 6.42 Å². The largest absolute Gasteiger partial charge is 0.384 e. The van der Waals surface area contributed by atoms with Crippen LogP contribution in [-0.2, 0) is 14.8 Å².